The van der Waals surface area contributed by atoms with Crippen molar-refractivity contribution in [3.05, 3.63) is 33.2 Å². The van der Waals surface area contributed by atoms with Gasteiger partial charge >= 0.3 is 6.18 Å². The first-order valence-electron chi connectivity index (χ1n) is 3.29. The van der Waals surface area contributed by atoms with Gasteiger partial charge in [0.15, 0.2) is 5.69 Å². The first-order valence-corrected chi connectivity index (χ1v) is 4.08. The molecule has 1 aromatic rings. The fraction of sp³-hybridized carbons (Fsp3) is 0.286. The van der Waals surface area contributed by atoms with Crippen LogP contribution in [0.1, 0.15) is 11.3 Å². The maximum Gasteiger partial charge on any atom is 0.416 e. The summed E-state index contributed by atoms with van der Waals surface area (Å²) in [6.45, 7) is 1.31. The molecule has 0 bridgehead atoms. The largest absolute Gasteiger partial charge is 0.618 e. The second-order valence-corrected chi connectivity index (χ2v) is 3.31. The van der Waals surface area contributed by atoms with Crippen LogP contribution in [0, 0.1) is 12.1 Å². The summed E-state index contributed by atoms with van der Waals surface area (Å²) in [6.07, 6.45) is -4.42. The monoisotopic (exact) mass is 255 g/mol. The normalized spacial score (nSPS) is 11.8. The van der Waals surface area contributed by atoms with E-state index in [0.29, 0.717) is 4.73 Å². The standard InChI is InChI=1S/C7H5BrF3NO/c1-4-2-5(7(9,10)11)3-6(8)12(4)13/h2-3H,1H3. The maximum atomic E-state index is 12.1. The first kappa shape index (κ1) is 10.3. The van der Waals surface area contributed by atoms with Crippen molar-refractivity contribution < 1.29 is 17.9 Å². The highest BCUT2D eigenvalue weighted by Gasteiger charge is 2.32. The van der Waals surface area contributed by atoms with Crippen LogP contribution >= 0.6 is 15.9 Å². The molecule has 0 spiro atoms. The number of aromatic nitrogens is 1. The lowest BCUT2D eigenvalue weighted by Crippen LogP contribution is -2.32. The van der Waals surface area contributed by atoms with Crippen molar-refractivity contribution in [1.29, 1.82) is 0 Å². The van der Waals surface area contributed by atoms with Crippen molar-refractivity contribution in [3.8, 4) is 0 Å². The van der Waals surface area contributed by atoms with Gasteiger partial charge < -0.3 is 5.21 Å². The minimum atomic E-state index is -4.42. The lowest BCUT2D eigenvalue weighted by molar-refractivity contribution is -0.624. The van der Waals surface area contributed by atoms with Gasteiger partial charge in [-0.3, -0.25) is 0 Å². The molecule has 0 atom stereocenters. The van der Waals surface area contributed by atoms with Crippen LogP contribution in [0.2, 0.25) is 0 Å². The molecular weight excluding hydrogens is 251 g/mol. The van der Waals surface area contributed by atoms with E-state index in [1.165, 1.54) is 6.92 Å². The summed E-state index contributed by atoms with van der Waals surface area (Å²) in [5, 5.41) is 11.0. The summed E-state index contributed by atoms with van der Waals surface area (Å²) in [6, 6.07) is 1.55. The summed E-state index contributed by atoms with van der Waals surface area (Å²) in [5.74, 6) is 0. The lowest BCUT2D eigenvalue weighted by Gasteiger charge is -2.08. The molecular formula is C7H5BrF3NO. The van der Waals surface area contributed by atoms with E-state index in [9.17, 15) is 18.4 Å². The molecule has 72 valence electrons. The van der Waals surface area contributed by atoms with Gasteiger partial charge in [-0.15, -0.1) is 0 Å². The molecule has 0 unspecified atom stereocenters. The van der Waals surface area contributed by atoms with E-state index in [-0.39, 0.29) is 10.3 Å². The van der Waals surface area contributed by atoms with Crippen LogP contribution in [-0.2, 0) is 6.18 Å². The second-order valence-electron chi connectivity index (χ2n) is 2.50. The van der Waals surface area contributed by atoms with Gasteiger partial charge in [-0.25, -0.2) is 0 Å². The molecule has 1 rings (SSSR count). The number of nitrogens with zero attached hydrogens (tertiary/aromatic N) is 1. The van der Waals surface area contributed by atoms with Crippen LogP contribution in [0.4, 0.5) is 13.2 Å². The minimum Gasteiger partial charge on any atom is -0.618 e. The quantitative estimate of drug-likeness (QED) is 0.398. The molecule has 0 aliphatic carbocycles. The minimum absolute atomic E-state index is 0.00157. The predicted octanol–water partition coefficient (Wildman–Crippen LogP) is 2.41. The molecule has 1 heterocycles. The zero-order chi connectivity index (χ0) is 10.2. The Balaban J connectivity index is 3.29. The van der Waals surface area contributed by atoms with E-state index in [1.54, 1.807) is 0 Å². The van der Waals surface area contributed by atoms with E-state index in [1.807, 2.05) is 0 Å². The third-order valence-corrected chi connectivity index (χ3v) is 2.03. The van der Waals surface area contributed by atoms with Gasteiger partial charge in [0, 0.05) is 35.0 Å². The summed E-state index contributed by atoms with van der Waals surface area (Å²) in [4.78, 5) is 0. The third-order valence-electron chi connectivity index (χ3n) is 1.48. The molecule has 0 fully saturated rings. The number of hydrogen-bond donors (Lipinski definition) is 0. The van der Waals surface area contributed by atoms with Gasteiger partial charge in [-0.05, 0) is 0 Å². The predicted molar refractivity (Wildman–Crippen MR) is 42.8 cm³/mol. The highest BCUT2D eigenvalue weighted by atomic mass is 79.9. The summed E-state index contributed by atoms with van der Waals surface area (Å²) >= 11 is 2.74. The van der Waals surface area contributed by atoms with Crippen molar-refractivity contribution in [2.24, 2.45) is 0 Å². The molecule has 0 aromatic carbocycles. The highest BCUT2D eigenvalue weighted by molar-refractivity contribution is 9.10. The molecule has 0 aliphatic rings. The van der Waals surface area contributed by atoms with Crippen molar-refractivity contribution in [2.45, 2.75) is 13.1 Å². The van der Waals surface area contributed by atoms with Crippen LogP contribution in [-0.4, -0.2) is 0 Å². The Labute approximate surface area is 80.7 Å². The Morgan fingerprint density at radius 3 is 2.31 bits per heavy atom. The van der Waals surface area contributed by atoms with E-state index >= 15 is 0 Å². The number of rotatable bonds is 0. The molecule has 0 saturated heterocycles. The van der Waals surface area contributed by atoms with Crippen LogP contribution in [0.3, 0.4) is 0 Å². The fourth-order valence-electron chi connectivity index (χ4n) is 0.844. The van der Waals surface area contributed by atoms with E-state index in [2.05, 4.69) is 15.9 Å². The van der Waals surface area contributed by atoms with Gasteiger partial charge in [0.2, 0.25) is 0 Å². The molecule has 6 heteroatoms. The Kier molecular flexibility index (Phi) is 2.51. The Morgan fingerprint density at radius 1 is 1.38 bits per heavy atom. The lowest BCUT2D eigenvalue weighted by atomic mass is 10.2. The molecule has 0 amide bonds. The topological polar surface area (TPSA) is 26.9 Å². The highest BCUT2D eigenvalue weighted by Crippen LogP contribution is 2.30. The summed E-state index contributed by atoms with van der Waals surface area (Å²) in [7, 11) is 0. The van der Waals surface area contributed by atoms with Gasteiger partial charge in [0.25, 0.3) is 4.60 Å². The first-order chi connectivity index (χ1) is 5.82. The molecule has 0 radical (unpaired) electrons. The van der Waals surface area contributed by atoms with E-state index < -0.39 is 11.7 Å². The third kappa shape index (κ3) is 2.12. The maximum absolute atomic E-state index is 12.1. The molecule has 13 heavy (non-hydrogen) atoms. The Morgan fingerprint density at radius 2 is 1.92 bits per heavy atom. The molecule has 0 saturated carbocycles. The fourth-order valence-corrected chi connectivity index (χ4v) is 1.37. The molecule has 2 nitrogen and oxygen atoms in total. The number of aryl methyl sites for hydroxylation is 1. The number of pyridine rings is 1. The molecule has 1 aromatic heterocycles. The summed E-state index contributed by atoms with van der Waals surface area (Å²) in [5.41, 5.74) is -0.828. The van der Waals surface area contributed by atoms with Crippen molar-refractivity contribution in [1.82, 2.24) is 0 Å². The second kappa shape index (κ2) is 3.17. The molecule has 0 N–H and O–H groups in total. The van der Waals surface area contributed by atoms with Crippen molar-refractivity contribution in [2.75, 3.05) is 0 Å². The van der Waals surface area contributed by atoms with Gasteiger partial charge in [-0.2, -0.15) is 17.9 Å². The zero-order valence-corrected chi connectivity index (χ0v) is 8.11. The van der Waals surface area contributed by atoms with Gasteiger partial charge in [0.1, 0.15) is 0 Å². The summed E-state index contributed by atoms with van der Waals surface area (Å²) < 4.78 is 36.7. The molecule has 0 aliphatic heterocycles. The van der Waals surface area contributed by atoms with Gasteiger partial charge in [0.05, 0.1) is 5.56 Å². The Hall–Kier alpha value is -0.780. The average molecular weight is 256 g/mol. The smallest absolute Gasteiger partial charge is 0.416 e. The van der Waals surface area contributed by atoms with Crippen LogP contribution in [0.25, 0.3) is 0 Å². The number of alkyl halides is 3. The van der Waals surface area contributed by atoms with E-state index in [0.717, 1.165) is 12.1 Å². The zero-order valence-electron chi connectivity index (χ0n) is 6.52. The van der Waals surface area contributed by atoms with Crippen LogP contribution in [0.5, 0.6) is 0 Å². The number of halogens is 4. The van der Waals surface area contributed by atoms with Crippen LogP contribution < -0.4 is 4.73 Å². The van der Waals surface area contributed by atoms with E-state index in [4.69, 9.17) is 0 Å². The number of hydrogen-bond acceptors (Lipinski definition) is 1. The van der Waals surface area contributed by atoms with Crippen LogP contribution in [0.15, 0.2) is 16.7 Å². The average Bonchev–Trinajstić information content (AvgIpc) is 1.97. The van der Waals surface area contributed by atoms with Crippen molar-refractivity contribution in [3.63, 3.8) is 0 Å². The Bertz CT molecular complexity index is 314. The van der Waals surface area contributed by atoms with Crippen molar-refractivity contribution >= 4 is 15.9 Å². The SMILES string of the molecule is Cc1cc(C(F)(F)F)cc(Br)[n+]1[O-]. The van der Waals surface area contributed by atoms with Gasteiger partial charge in [-0.1, -0.05) is 0 Å².